The largest absolute Gasteiger partial charge is 0.310 e. The maximum absolute atomic E-state index is 4.26. The molecule has 100 valence electrons. The number of likely N-dealkylation sites (N-methyl/N-ethyl adjacent to an activating group) is 1. The SMILES string of the molecule is CCNC(Cc1cccc(Br)c1)c1cnccc1C. The third-order valence-electron chi connectivity index (χ3n) is 3.23. The Morgan fingerprint density at radius 3 is 2.84 bits per heavy atom. The number of nitrogens with zero attached hydrogens (tertiary/aromatic N) is 1. The summed E-state index contributed by atoms with van der Waals surface area (Å²) in [5, 5.41) is 3.55. The van der Waals surface area contributed by atoms with Crippen molar-refractivity contribution in [3.8, 4) is 0 Å². The number of nitrogens with one attached hydrogen (secondary N) is 1. The Hall–Kier alpha value is -1.19. The summed E-state index contributed by atoms with van der Waals surface area (Å²) in [6, 6.07) is 10.9. The van der Waals surface area contributed by atoms with Crippen molar-refractivity contribution in [1.82, 2.24) is 10.3 Å². The maximum Gasteiger partial charge on any atom is 0.0378 e. The van der Waals surface area contributed by atoms with E-state index in [0.717, 1.165) is 17.4 Å². The molecule has 0 saturated carbocycles. The molecule has 1 aromatic heterocycles. The molecule has 0 fully saturated rings. The summed E-state index contributed by atoms with van der Waals surface area (Å²) in [4.78, 5) is 4.26. The van der Waals surface area contributed by atoms with Gasteiger partial charge in [-0.15, -0.1) is 0 Å². The number of aryl methyl sites for hydroxylation is 1. The zero-order valence-corrected chi connectivity index (χ0v) is 12.9. The third-order valence-corrected chi connectivity index (χ3v) is 3.73. The van der Waals surface area contributed by atoms with Crippen molar-refractivity contribution >= 4 is 15.9 Å². The Morgan fingerprint density at radius 2 is 2.16 bits per heavy atom. The Morgan fingerprint density at radius 1 is 1.32 bits per heavy atom. The normalized spacial score (nSPS) is 12.4. The third kappa shape index (κ3) is 3.88. The Labute approximate surface area is 123 Å². The van der Waals surface area contributed by atoms with Gasteiger partial charge < -0.3 is 5.32 Å². The monoisotopic (exact) mass is 318 g/mol. The molecular weight excluding hydrogens is 300 g/mol. The summed E-state index contributed by atoms with van der Waals surface area (Å²) in [5.41, 5.74) is 3.89. The lowest BCUT2D eigenvalue weighted by atomic mass is 9.97. The van der Waals surface area contributed by atoms with E-state index >= 15 is 0 Å². The fraction of sp³-hybridized carbons (Fsp3) is 0.312. The molecule has 0 radical (unpaired) electrons. The van der Waals surface area contributed by atoms with E-state index < -0.39 is 0 Å². The smallest absolute Gasteiger partial charge is 0.0378 e. The molecule has 2 aromatic rings. The summed E-state index contributed by atoms with van der Waals surface area (Å²) in [7, 11) is 0. The van der Waals surface area contributed by atoms with Crippen molar-refractivity contribution in [3.05, 3.63) is 63.9 Å². The molecule has 0 amide bonds. The van der Waals surface area contributed by atoms with Gasteiger partial charge in [-0.2, -0.15) is 0 Å². The second kappa shape index (κ2) is 6.83. The van der Waals surface area contributed by atoms with Crippen LogP contribution >= 0.6 is 15.9 Å². The van der Waals surface area contributed by atoms with Gasteiger partial charge in [0.15, 0.2) is 0 Å². The average Bonchev–Trinajstić information content (AvgIpc) is 2.39. The van der Waals surface area contributed by atoms with Gasteiger partial charge in [0, 0.05) is 22.9 Å². The molecule has 0 aliphatic rings. The zero-order chi connectivity index (χ0) is 13.7. The molecule has 19 heavy (non-hydrogen) atoms. The second-order valence-corrected chi connectivity index (χ2v) is 5.59. The molecule has 1 atom stereocenters. The first-order valence-corrected chi connectivity index (χ1v) is 7.38. The highest BCUT2D eigenvalue weighted by Gasteiger charge is 2.13. The summed E-state index contributed by atoms with van der Waals surface area (Å²) < 4.78 is 1.13. The van der Waals surface area contributed by atoms with E-state index in [9.17, 15) is 0 Å². The van der Waals surface area contributed by atoms with Crippen LogP contribution in [0.25, 0.3) is 0 Å². The summed E-state index contributed by atoms with van der Waals surface area (Å²) in [5.74, 6) is 0. The number of halogens is 1. The number of benzene rings is 1. The molecule has 2 rings (SSSR count). The molecule has 1 heterocycles. The fourth-order valence-electron chi connectivity index (χ4n) is 2.28. The minimum atomic E-state index is 0.313. The van der Waals surface area contributed by atoms with Crippen molar-refractivity contribution in [2.45, 2.75) is 26.3 Å². The van der Waals surface area contributed by atoms with Crippen molar-refractivity contribution in [3.63, 3.8) is 0 Å². The van der Waals surface area contributed by atoms with Crippen LogP contribution in [0.4, 0.5) is 0 Å². The highest BCUT2D eigenvalue weighted by atomic mass is 79.9. The molecule has 1 unspecified atom stereocenters. The molecule has 1 N–H and O–H groups in total. The predicted octanol–water partition coefficient (Wildman–Crippen LogP) is 4.05. The van der Waals surface area contributed by atoms with Crippen LogP contribution in [0.1, 0.15) is 29.7 Å². The van der Waals surface area contributed by atoms with E-state index in [1.807, 2.05) is 12.4 Å². The van der Waals surface area contributed by atoms with E-state index in [1.54, 1.807) is 0 Å². The van der Waals surface area contributed by atoms with E-state index in [4.69, 9.17) is 0 Å². The summed E-state index contributed by atoms with van der Waals surface area (Å²) >= 11 is 3.53. The average molecular weight is 319 g/mol. The van der Waals surface area contributed by atoms with Crippen molar-refractivity contribution in [2.75, 3.05) is 6.54 Å². The van der Waals surface area contributed by atoms with E-state index in [0.29, 0.717) is 6.04 Å². The highest BCUT2D eigenvalue weighted by Crippen LogP contribution is 2.22. The fourth-order valence-corrected chi connectivity index (χ4v) is 2.73. The molecule has 2 nitrogen and oxygen atoms in total. The number of rotatable bonds is 5. The van der Waals surface area contributed by atoms with Crippen molar-refractivity contribution in [2.24, 2.45) is 0 Å². The van der Waals surface area contributed by atoms with Crippen LogP contribution in [0.3, 0.4) is 0 Å². The van der Waals surface area contributed by atoms with Gasteiger partial charge in [-0.1, -0.05) is 35.0 Å². The first kappa shape index (κ1) is 14.2. The number of pyridine rings is 1. The van der Waals surface area contributed by atoms with Gasteiger partial charge in [-0.05, 0) is 54.8 Å². The van der Waals surface area contributed by atoms with Gasteiger partial charge in [-0.3, -0.25) is 4.98 Å². The van der Waals surface area contributed by atoms with Crippen LogP contribution in [-0.2, 0) is 6.42 Å². The Bertz CT molecular complexity index is 540. The van der Waals surface area contributed by atoms with Crippen LogP contribution in [-0.4, -0.2) is 11.5 Å². The Kier molecular flexibility index (Phi) is 5.11. The van der Waals surface area contributed by atoms with Gasteiger partial charge >= 0.3 is 0 Å². The van der Waals surface area contributed by atoms with Gasteiger partial charge in [0.25, 0.3) is 0 Å². The molecule has 1 aromatic carbocycles. The second-order valence-electron chi connectivity index (χ2n) is 4.68. The molecular formula is C16H19BrN2. The van der Waals surface area contributed by atoms with Crippen LogP contribution in [0.2, 0.25) is 0 Å². The molecule has 0 saturated heterocycles. The number of hydrogen-bond donors (Lipinski definition) is 1. The highest BCUT2D eigenvalue weighted by molar-refractivity contribution is 9.10. The van der Waals surface area contributed by atoms with Crippen LogP contribution in [0.15, 0.2) is 47.2 Å². The lowest BCUT2D eigenvalue weighted by Crippen LogP contribution is -2.23. The molecule has 3 heteroatoms. The quantitative estimate of drug-likeness (QED) is 0.899. The van der Waals surface area contributed by atoms with Gasteiger partial charge in [0.2, 0.25) is 0 Å². The lowest BCUT2D eigenvalue weighted by Gasteiger charge is -2.20. The van der Waals surface area contributed by atoms with Crippen molar-refractivity contribution < 1.29 is 0 Å². The van der Waals surface area contributed by atoms with Crippen LogP contribution in [0, 0.1) is 6.92 Å². The summed E-state index contributed by atoms with van der Waals surface area (Å²) in [6.07, 6.45) is 4.79. The number of aromatic nitrogens is 1. The molecule has 0 aliphatic carbocycles. The van der Waals surface area contributed by atoms with Crippen LogP contribution < -0.4 is 5.32 Å². The van der Waals surface area contributed by atoms with E-state index in [1.165, 1.54) is 16.7 Å². The predicted molar refractivity (Wildman–Crippen MR) is 83.2 cm³/mol. The molecule has 0 spiro atoms. The van der Waals surface area contributed by atoms with E-state index in [-0.39, 0.29) is 0 Å². The molecule has 0 aliphatic heterocycles. The van der Waals surface area contributed by atoms with Gasteiger partial charge in [-0.25, -0.2) is 0 Å². The van der Waals surface area contributed by atoms with E-state index in [2.05, 4.69) is 70.4 Å². The maximum atomic E-state index is 4.26. The standard InChI is InChI=1S/C16H19BrN2/c1-3-19-16(15-11-18-8-7-12(15)2)10-13-5-4-6-14(17)9-13/h4-9,11,16,19H,3,10H2,1-2H3. The first-order chi connectivity index (χ1) is 9.20. The number of hydrogen-bond acceptors (Lipinski definition) is 2. The first-order valence-electron chi connectivity index (χ1n) is 6.59. The molecule has 0 bridgehead atoms. The minimum Gasteiger partial charge on any atom is -0.310 e. The Balaban J connectivity index is 2.24. The zero-order valence-electron chi connectivity index (χ0n) is 11.4. The van der Waals surface area contributed by atoms with Gasteiger partial charge in [0.05, 0.1) is 0 Å². The minimum absolute atomic E-state index is 0.313. The van der Waals surface area contributed by atoms with Gasteiger partial charge in [0.1, 0.15) is 0 Å². The topological polar surface area (TPSA) is 24.9 Å². The van der Waals surface area contributed by atoms with Crippen LogP contribution in [0.5, 0.6) is 0 Å². The lowest BCUT2D eigenvalue weighted by molar-refractivity contribution is 0.545. The van der Waals surface area contributed by atoms with Crippen molar-refractivity contribution in [1.29, 1.82) is 0 Å². The summed E-state index contributed by atoms with van der Waals surface area (Å²) in [6.45, 7) is 5.23.